The molecule has 0 spiro atoms. The molecule has 4 nitrogen and oxygen atoms in total. The zero-order valence-electron chi connectivity index (χ0n) is 9.83. The van der Waals surface area contributed by atoms with E-state index in [0.717, 1.165) is 18.1 Å². The van der Waals surface area contributed by atoms with Crippen LogP contribution in [0, 0.1) is 5.82 Å². The number of aromatic nitrogens is 2. The van der Waals surface area contributed by atoms with E-state index in [1.165, 1.54) is 6.20 Å². The maximum Gasteiger partial charge on any atom is 0.224 e. The fourth-order valence-corrected chi connectivity index (χ4v) is 1.67. The Morgan fingerprint density at radius 3 is 2.88 bits per heavy atom. The van der Waals surface area contributed by atoms with E-state index in [4.69, 9.17) is 0 Å². The summed E-state index contributed by atoms with van der Waals surface area (Å²) < 4.78 is 13.3. The average molecular weight is 244 g/mol. The second kappa shape index (κ2) is 6.52. The van der Waals surface area contributed by atoms with Crippen LogP contribution in [0.15, 0.2) is 6.20 Å². The van der Waals surface area contributed by atoms with Crippen molar-refractivity contribution in [2.75, 3.05) is 42.4 Å². The number of hydrogen-bond donors (Lipinski definition) is 1. The Kier molecular flexibility index (Phi) is 5.31. The van der Waals surface area contributed by atoms with E-state index in [2.05, 4.69) is 22.2 Å². The minimum atomic E-state index is -0.404. The van der Waals surface area contributed by atoms with E-state index in [1.54, 1.807) is 19.0 Å². The first-order valence-corrected chi connectivity index (χ1v) is 6.32. The van der Waals surface area contributed by atoms with E-state index in [1.807, 2.05) is 11.8 Å². The molecule has 0 amide bonds. The Morgan fingerprint density at radius 1 is 1.50 bits per heavy atom. The minimum Gasteiger partial charge on any atom is -0.360 e. The molecule has 90 valence electrons. The first-order valence-electron chi connectivity index (χ1n) is 5.16. The van der Waals surface area contributed by atoms with Gasteiger partial charge in [0.25, 0.3) is 0 Å². The molecule has 6 heteroatoms. The average Bonchev–Trinajstić information content (AvgIpc) is 2.26. The van der Waals surface area contributed by atoms with Crippen LogP contribution in [0.3, 0.4) is 0 Å². The van der Waals surface area contributed by atoms with Crippen LogP contribution in [0.4, 0.5) is 16.2 Å². The molecule has 0 fully saturated rings. The molecule has 0 saturated heterocycles. The quantitative estimate of drug-likeness (QED) is 0.773. The number of rotatable bonds is 6. The molecule has 0 aromatic carbocycles. The summed E-state index contributed by atoms with van der Waals surface area (Å²) in [5.41, 5.74) is 0. The first-order chi connectivity index (χ1) is 7.65. The smallest absolute Gasteiger partial charge is 0.224 e. The fourth-order valence-electron chi connectivity index (χ4n) is 1.14. The summed E-state index contributed by atoms with van der Waals surface area (Å²) in [5.74, 6) is 2.46. The molecule has 16 heavy (non-hydrogen) atoms. The first kappa shape index (κ1) is 13.0. The van der Waals surface area contributed by atoms with Crippen LogP contribution in [0.25, 0.3) is 0 Å². The summed E-state index contributed by atoms with van der Waals surface area (Å²) >= 11 is 1.84. The highest BCUT2D eigenvalue weighted by molar-refractivity contribution is 7.99. The number of nitrogens with one attached hydrogen (secondary N) is 1. The summed E-state index contributed by atoms with van der Waals surface area (Å²) in [5, 5.41) is 3.07. The summed E-state index contributed by atoms with van der Waals surface area (Å²) in [6, 6.07) is 0. The lowest BCUT2D eigenvalue weighted by molar-refractivity contribution is 0.612. The second-order valence-electron chi connectivity index (χ2n) is 3.38. The van der Waals surface area contributed by atoms with Crippen molar-refractivity contribution in [3.8, 4) is 0 Å². The van der Waals surface area contributed by atoms with Crippen molar-refractivity contribution in [3.05, 3.63) is 12.0 Å². The van der Waals surface area contributed by atoms with Crippen molar-refractivity contribution in [2.24, 2.45) is 0 Å². The maximum absolute atomic E-state index is 13.3. The van der Waals surface area contributed by atoms with Gasteiger partial charge in [0.2, 0.25) is 5.95 Å². The molecule has 1 aromatic rings. The topological polar surface area (TPSA) is 41.1 Å². The molecule has 0 aliphatic rings. The molecule has 1 aromatic heterocycles. The van der Waals surface area contributed by atoms with Crippen LogP contribution in [0.2, 0.25) is 0 Å². The van der Waals surface area contributed by atoms with Crippen LogP contribution in [0.1, 0.15) is 6.92 Å². The monoisotopic (exact) mass is 244 g/mol. The minimum absolute atomic E-state index is 0.306. The fraction of sp³-hybridized carbons (Fsp3) is 0.600. The SMILES string of the molecule is CCSCCNc1ncc(F)c(N(C)C)n1. The molecule has 1 heterocycles. The number of anilines is 2. The van der Waals surface area contributed by atoms with Gasteiger partial charge in [0, 0.05) is 26.4 Å². The Hall–Kier alpha value is -1.04. The number of hydrogen-bond acceptors (Lipinski definition) is 5. The van der Waals surface area contributed by atoms with Gasteiger partial charge in [-0.05, 0) is 5.75 Å². The molecule has 0 radical (unpaired) electrons. The molecule has 1 rings (SSSR count). The molecule has 0 aliphatic carbocycles. The zero-order valence-corrected chi connectivity index (χ0v) is 10.6. The van der Waals surface area contributed by atoms with E-state index in [0.29, 0.717) is 11.8 Å². The Morgan fingerprint density at radius 2 is 2.25 bits per heavy atom. The highest BCUT2D eigenvalue weighted by atomic mass is 32.2. The van der Waals surface area contributed by atoms with Crippen LogP contribution < -0.4 is 10.2 Å². The Balaban J connectivity index is 2.57. The third-order valence-electron chi connectivity index (χ3n) is 1.88. The predicted octanol–water partition coefficient (Wildman–Crippen LogP) is 1.85. The Labute approximate surface area is 99.7 Å². The zero-order chi connectivity index (χ0) is 12.0. The van der Waals surface area contributed by atoms with Gasteiger partial charge in [0.1, 0.15) is 0 Å². The van der Waals surface area contributed by atoms with E-state index >= 15 is 0 Å². The van der Waals surface area contributed by atoms with Gasteiger partial charge in [0.05, 0.1) is 6.20 Å². The van der Waals surface area contributed by atoms with Crippen LogP contribution >= 0.6 is 11.8 Å². The number of halogens is 1. The van der Waals surface area contributed by atoms with Gasteiger partial charge in [-0.15, -0.1) is 0 Å². The van der Waals surface area contributed by atoms with E-state index < -0.39 is 5.82 Å². The third kappa shape index (κ3) is 3.84. The van der Waals surface area contributed by atoms with Gasteiger partial charge in [-0.1, -0.05) is 6.92 Å². The molecule has 0 unspecified atom stereocenters. The van der Waals surface area contributed by atoms with E-state index in [-0.39, 0.29) is 0 Å². The number of nitrogens with zero attached hydrogens (tertiary/aromatic N) is 3. The largest absolute Gasteiger partial charge is 0.360 e. The van der Waals surface area contributed by atoms with Crippen LogP contribution in [-0.4, -0.2) is 42.1 Å². The molecule has 1 N–H and O–H groups in total. The van der Waals surface area contributed by atoms with Crippen molar-refractivity contribution in [3.63, 3.8) is 0 Å². The summed E-state index contributed by atoms with van der Waals surface area (Å²) in [7, 11) is 3.50. The maximum atomic E-state index is 13.3. The normalized spacial score (nSPS) is 10.2. The second-order valence-corrected chi connectivity index (χ2v) is 4.78. The highest BCUT2D eigenvalue weighted by Gasteiger charge is 2.07. The summed E-state index contributed by atoms with van der Waals surface area (Å²) in [6.07, 6.45) is 1.19. The van der Waals surface area contributed by atoms with Gasteiger partial charge < -0.3 is 10.2 Å². The van der Waals surface area contributed by atoms with Gasteiger partial charge >= 0.3 is 0 Å². The Bertz CT molecular complexity index is 333. The summed E-state index contributed by atoms with van der Waals surface area (Å²) in [4.78, 5) is 9.60. The number of thioether (sulfide) groups is 1. The highest BCUT2D eigenvalue weighted by Crippen LogP contribution is 2.14. The van der Waals surface area contributed by atoms with E-state index in [9.17, 15) is 4.39 Å². The van der Waals surface area contributed by atoms with Gasteiger partial charge in [-0.2, -0.15) is 16.7 Å². The van der Waals surface area contributed by atoms with Crippen molar-refractivity contribution in [2.45, 2.75) is 6.92 Å². The van der Waals surface area contributed by atoms with Crippen molar-refractivity contribution < 1.29 is 4.39 Å². The molecule has 0 aliphatic heterocycles. The van der Waals surface area contributed by atoms with Crippen LogP contribution in [0.5, 0.6) is 0 Å². The van der Waals surface area contributed by atoms with Crippen molar-refractivity contribution >= 4 is 23.5 Å². The van der Waals surface area contributed by atoms with Gasteiger partial charge in [-0.3, -0.25) is 0 Å². The van der Waals surface area contributed by atoms with Gasteiger partial charge in [-0.25, -0.2) is 9.37 Å². The molecule has 0 bridgehead atoms. The third-order valence-corrected chi connectivity index (χ3v) is 2.78. The lowest BCUT2D eigenvalue weighted by Crippen LogP contribution is -2.15. The standard InChI is InChI=1S/C10H17FN4S/c1-4-16-6-5-12-10-13-7-8(11)9(14-10)15(2)3/h7H,4-6H2,1-3H3,(H,12,13,14). The molecular weight excluding hydrogens is 227 g/mol. The summed E-state index contributed by atoms with van der Waals surface area (Å²) in [6.45, 7) is 2.90. The molecule has 0 saturated carbocycles. The van der Waals surface area contributed by atoms with Crippen molar-refractivity contribution in [1.29, 1.82) is 0 Å². The lowest BCUT2D eigenvalue weighted by atomic mass is 10.5. The molecule has 0 atom stereocenters. The van der Waals surface area contributed by atoms with Crippen molar-refractivity contribution in [1.82, 2.24) is 9.97 Å². The van der Waals surface area contributed by atoms with Gasteiger partial charge in [0.15, 0.2) is 11.6 Å². The lowest BCUT2D eigenvalue weighted by Gasteiger charge is -2.13. The molecular formula is C10H17FN4S. The predicted molar refractivity (Wildman–Crippen MR) is 67.8 cm³/mol. The van der Waals surface area contributed by atoms with Crippen LogP contribution in [-0.2, 0) is 0 Å².